The first kappa shape index (κ1) is 36.4. The van der Waals surface area contributed by atoms with Crippen molar-refractivity contribution in [3.63, 3.8) is 0 Å². The molecule has 0 N–H and O–H groups in total. The molecule has 62 heavy (non-hydrogen) atoms. The standard InChI is InChI=1S/C61H45N/c1-2-18-43(19-3-1)47-21-6-7-23-49(47)51-25-8-9-26-52(51)55-28-13-15-31-59(55)62(60-41-45-20-4-5-22-48(45)50-24-10-11-29-56(50)60)46-35-32-42(33-36-46)44-34-37-54-53-27-12-14-30-57(53)61(58(54)40-44)38-16-17-39-61/h1-15,18-37,40-41H,16-17,38-39H2. The number of hydrogen-bond donors (Lipinski definition) is 0. The first-order chi connectivity index (χ1) is 30.7. The molecule has 0 aromatic heterocycles. The lowest BCUT2D eigenvalue weighted by Crippen LogP contribution is -2.20. The average molecular weight is 792 g/mol. The van der Waals surface area contributed by atoms with Gasteiger partial charge in [-0.1, -0.05) is 207 Å². The van der Waals surface area contributed by atoms with Crippen molar-refractivity contribution in [2.24, 2.45) is 0 Å². The van der Waals surface area contributed by atoms with E-state index in [1.807, 2.05) is 0 Å². The van der Waals surface area contributed by atoms with E-state index in [1.165, 1.54) is 114 Å². The Bertz CT molecular complexity index is 3300. The average Bonchev–Trinajstić information content (AvgIpc) is 3.96. The molecule has 10 aromatic carbocycles. The van der Waals surface area contributed by atoms with E-state index in [4.69, 9.17) is 0 Å². The van der Waals surface area contributed by atoms with Gasteiger partial charge in [0, 0.05) is 22.1 Å². The van der Waals surface area contributed by atoms with Crippen LogP contribution >= 0.6 is 0 Å². The van der Waals surface area contributed by atoms with Gasteiger partial charge in [-0.3, -0.25) is 0 Å². The summed E-state index contributed by atoms with van der Waals surface area (Å²) in [5.74, 6) is 0. The molecule has 1 fully saturated rings. The summed E-state index contributed by atoms with van der Waals surface area (Å²) in [5.41, 5.74) is 19.2. The second kappa shape index (κ2) is 14.9. The highest BCUT2D eigenvalue weighted by molar-refractivity contribution is 6.15. The monoisotopic (exact) mass is 791 g/mol. The zero-order valence-corrected chi connectivity index (χ0v) is 34.6. The predicted molar refractivity (Wildman–Crippen MR) is 263 cm³/mol. The maximum absolute atomic E-state index is 2.52. The first-order valence-electron chi connectivity index (χ1n) is 22.1. The van der Waals surface area contributed by atoms with Crippen LogP contribution in [0.1, 0.15) is 36.8 Å². The summed E-state index contributed by atoms with van der Waals surface area (Å²) in [5, 5.41) is 4.94. The zero-order chi connectivity index (χ0) is 41.0. The van der Waals surface area contributed by atoms with Crippen LogP contribution in [0.15, 0.2) is 224 Å². The van der Waals surface area contributed by atoms with Crippen molar-refractivity contribution in [3.8, 4) is 55.6 Å². The molecule has 10 aromatic rings. The largest absolute Gasteiger partial charge is 0.309 e. The van der Waals surface area contributed by atoms with Gasteiger partial charge in [-0.05, 0) is 121 Å². The fourth-order valence-electron chi connectivity index (χ4n) is 11.0. The first-order valence-corrected chi connectivity index (χ1v) is 22.1. The molecular formula is C61H45N. The molecule has 0 bridgehead atoms. The smallest absolute Gasteiger partial charge is 0.0546 e. The highest BCUT2D eigenvalue weighted by Crippen LogP contribution is 2.57. The Morgan fingerprint density at radius 2 is 0.839 bits per heavy atom. The Balaban J connectivity index is 1.04. The van der Waals surface area contributed by atoms with E-state index in [-0.39, 0.29) is 5.41 Å². The van der Waals surface area contributed by atoms with E-state index >= 15 is 0 Å². The van der Waals surface area contributed by atoms with Crippen LogP contribution < -0.4 is 4.90 Å². The number of fused-ring (bicyclic) bond motifs is 8. The van der Waals surface area contributed by atoms with Gasteiger partial charge in [0.05, 0.1) is 11.4 Å². The molecule has 0 radical (unpaired) electrons. The molecule has 1 heteroatoms. The second-order valence-corrected chi connectivity index (χ2v) is 17.1. The van der Waals surface area contributed by atoms with Gasteiger partial charge in [0.25, 0.3) is 0 Å². The van der Waals surface area contributed by atoms with Crippen molar-refractivity contribution >= 4 is 38.6 Å². The number of anilines is 3. The summed E-state index contributed by atoms with van der Waals surface area (Å²) in [6, 6.07) is 83.3. The fraction of sp³-hybridized carbons (Fsp3) is 0.0820. The summed E-state index contributed by atoms with van der Waals surface area (Å²) in [4.78, 5) is 2.50. The van der Waals surface area contributed by atoms with Crippen LogP contribution in [-0.2, 0) is 5.41 Å². The van der Waals surface area contributed by atoms with Crippen molar-refractivity contribution in [1.29, 1.82) is 0 Å². The topological polar surface area (TPSA) is 3.24 Å². The lowest BCUT2D eigenvalue weighted by molar-refractivity contribution is 0.550. The summed E-state index contributed by atoms with van der Waals surface area (Å²) in [6.45, 7) is 0. The molecule has 294 valence electrons. The highest BCUT2D eigenvalue weighted by Gasteiger charge is 2.44. The van der Waals surface area contributed by atoms with Crippen LogP contribution in [0.4, 0.5) is 17.1 Å². The van der Waals surface area contributed by atoms with E-state index < -0.39 is 0 Å². The Kier molecular flexibility index (Phi) is 8.75. The molecule has 1 spiro atoms. The van der Waals surface area contributed by atoms with Crippen LogP contribution in [0.2, 0.25) is 0 Å². The molecule has 0 unspecified atom stereocenters. The molecule has 0 atom stereocenters. The van der Waals surface area contributed by atoms with E-state index in [0.717, 1.165) is 17.1 Å². The van der Waals surface area contributed by atoms with Crippen molar-refractivity contribution in [2.45, 2.75) is 31.1 Å². The van der Waals surface area contributed by atoms with Gasteiger partial charge in [0.1, 0.15) is 0 Å². The van der Waals surface area contributed by atoms with Gasteiger partial charge >= 0.3 is 0 Å². The van der Waals surface area contributed by atoms with Gasteiger partial charge in [-0.25, -0.2) is 0 Å². The molecule has 0 amide bonds. The SMILES string of the molecule is c1ccc(-c2ccccc2-c2ccccc2-c2ccccc2N(c2ccc(-c3ccc4c(c3)C3(CCCC3)c3ccccc3-4)cc2)c2cc3ccccc3c3ccccc23)cc1. The van der Waals surface area contributed by atoms with E-state index in [2.05, 4.69) is 229 Å². The molecule has 0 aliphatic heterocycles. The quantitative estimate of drug-likeness (QED) is 0.145. The molecule has 12 rings (SSSR count). The van der Waals surface area contributed by atoms with Gasteiger partial charge in [-0.15, -0.1) is 0 Å². The highest BCUT2D eigenvalue weighted by atomic mass is 15.1. The maximum Gasteiger partial charge on any atom is 0.0546 e. The van der Waals surface area contributed by atoms with Gasteiger partial charge in [-0.2, -0.15) is 0 Å². The Morgan fingerprint density at radius 3 is 1.60 bits per heavy atom. The summed E-state index contributed by atoms with van der Waals surface area (Å²) in [7, 11) is 0. The van der Waals surface area contributed by atoms with Crippen LogP contribution in [0, 0.1) is 0 Å². The Hall–Kier alpha value is -7.48. The molecular weight excluding hydrogens is 747 g/mol. The lowest BCUT2D eigenvalue weighted by Gasteiger charge is -2.30. The van der Waals surface area contributed by atoms with Crippen molar-refractivity contribution in [2.75, 3.05) is 4.90 Å². The maximum atomic E-state index is 2.52. The van der Waals surface area contributed by atoms with E-state index in [1.54, 1.807) is 0 Å². The van der Waals surface area contributed by atoms with Crippen LogP contribution in [0.3, 0.4) is 0 Å². The second-order valence-electron chi connectivity index (χ2n) is 17.1. The third-order valence-electron chi connectivity index (χ3n) is 13.8. The number of nitrogens with zero attached hydrogens (tertiary/aromatic N) is 1. The van der Waals surface area contributed by atoms with Gasteiger partial charge in [0.15, 0.2) is 0 Å². The van der Waals surface area contributed by atoms with Gasteiger partial charge in [0.2, 0.25) is 0 Å². The molecule has 1 nitrogen and oxygen atoms in total. The number of rotatable bonds is 7. The molecule has 1 saturated carbocycles. The normalized spacial score (nSPS) is 13.7. The lowest BCUT2D eigenvalue weighted by atomic mass is 9.76. The molecule has 2 aliphatic carbocycles. The minimum atomic E-state index is 0.136. The van der Waals surface area contributed by atoms with E-state index in [0.29, 0.717) is 0 Å². The fourth-order valence-corrected chi connectivity index (χ4v) is 11.0. The zero-order valence-electron chi connectivity index (χ0n) is 34.6. The van der Waals surface area contributed by atoms with Crippen LogP contribution in [0.5, 0.6) is 0 Å². The summed E-state index contributed by atoms with van der Waals surface area (Å²) >= 11 is 0. The molecule has 2 aliphatic rings. The predicted octanol–water partition coefficient (Wildman–Crippen LogP) is 17.0. The number of hydrogen-bond acceptors (Lipinski definition) is 1. The Labute approximate surface area is 364 Å². The van der Waals surface area contributed by atoms with Crippen molar-refractivity contribution in [3.05, 3.63) is 236 Å². The number of para-hydroxylation sites is 1. The number of benzene rings is 10. The van der Waals surface area contributed by atoms with Crippen molar-refractivity contribution in [1.82, 2.24) is 0 Å². The van der Waals surface area contributed by atoms with Crippen LogP contribution in [-0.4, -0.2) is 0 Å². The minimum absolute atomic E-state index is 0.136. The third-order valence-corrected chi connectivity index (χ3v) is 13.8. The summed E-state index contributed by atoms with van der Waals surface area (Å²) in [6.07, 6.45) is 5.04. The van der Waals surface area contributed by atoms with Crippen LogP contribution in [0.25, 0.3) is 77.2 Å². The third kappa shape index (κ3) is 5.84. The Morgan fingerprint density at radius 1 is 0.306 bits per heavy atom. The van der Waals surface area contributed by atoms with Gasteiger partial charge < -0.3 is 4.90 Å². The molecule has 0 saturated heterocycles. The molecule has 0 heterocycles. The van der Waals surface area contributed by atoms with Crippen molar-refractivity contribution < 1.29 is 0 Å². The minimum Gasteiger partial charge on any atom is -0.309 e. The summed E-state index contributed by atoms with van der Waals surface area (Å²) < 4.78 is 0. The van der Waals surface area contributed by atoms with E-state index in [9.17, 15) is 0 Å².